The zero-order valence-corrected chi connectivity index (χ0v) is 9.13. The molecule has 0 amide bonds. The quantitative estimate of drug-likeness (QED) is 0.669. The summed E-state index contributed by atoms with van der Waals surface area (Å²) in [4.78, 5) is 12.5. The molecule has 0 rings (SSSR count). The summed E-state index contributed by atoms with van der Waals surface area (Å²) < 4.78 is 0. The van der Waals surface area contributed by atoms with Gasteiger partial charge in [-0.25, -0.2) is 0 Å². The molecule has 1 N–H and O–H groups in total. The van der Waals surface area contributed by atoms with Gasteiger partial charge in [-0.05, 0) is 47.2 Å². The topological polar surface area (TPSA) is 40.5 Å². The molecule has 0 heterocycles. The van der Waals surface area contributed by atoms with Crippen LogP contribution >= 0.6 is 0 Å². The SMILES string of the molecule is CN(CCCCC(=O)O)C(C)(C)C. The number of carboxylic acids is 1. The zero-order valence-electron chi connectivity index (χ0n) is 9.13. The van der Waals surface area contributed by atoms with E-state index in [1.807, 2.05) is 0 Å². The van der Waals surface area contributed by atoms with E-state index in [0.29, 0.717) is 0 Å². The van der Waals surface area contributed by atoms with Crippen LogP contribution in [0.2, 0.25) is 0 Å². The largest absolute Gasteiger partial charge is 0.481 e. The summed E-state index contributed by atoms with van der Waals surface area (Å²) in [5.74, 6) is -0.696. The Balaban J connectivity index is 3.49. The summed E-state index contributed by atoms with van der Waals surface area (Å²) in [6.45, 7) is 7.44. The Kier molecular flexibility index (Phi) is 4.99. The highest BCUT2D eigenvalue weighted by Gasteiger charge is 2.15. The molecule has 0 aromatic rings. The van der Waals surface area contributed by atoms with Crippen molar-refractivity contribution in [3.8, 4) is 0 Å². The average Bonchev–Trinajstić information content (AvgIpc) is 1.95. The third-order valence-electron chi connectivity index (χ3n) is 2.28. The maximum absolute atomic E-state index is 10.2. The number of hydrogen-bond donors (Lipinski definition) is 1. The van der Waals surface area contributed by atoms with E-state index < -0.39 is 5.97 Å². The lowest BCUT2D eigenvalue weighted by atomic mass is 10.1. The molecule has 0 saturated heterocycles. The van der Waals surface area contributed by atoms with Crippen LogP contribution in [0.25, 0.3) is 0 Å². The van der Waals surface area contributed by atoms with E-state index in [-0.39, 0.29) is 12.0 Å². The van der Waals surface area contributed by atoms with Gasteiger partial charge in [0.05, 0.1) is 0 Å². The minimum atomic E-state index is -0.696. The number of aliphatic carboxylic acids is 1. The molecule has 78 valence electrons. The first-order valence-electron chi connectivity index (χ1n) is 4.77. The average molecular weight is 187 g/mol. The van der Waals surface area contributed by atoms with Gasteiger partial charge in [-0.3, -0.25) is 4.79 Å². The number of unbranched alkanes of at least 4 members (excludes halogenated alkanes) is 1. The fourth-order valence-corrected chi connectivity index (χ4v) is 0.961. The lowest BCUT2D eigenvalue weighted by Gasteiger charge is -2.31. The van der Waals surface area contributed by atoms with Crippen LogP contribution in [0.5, 0.6) is 0 Å². The van der Waals surface area contributed by atoms with Crippen molar-refractivity contribution in [2.45, 2.75) is 45.6 Å². The normalized spacial score (nSPS) is 12.1. The maximum Gasteiger partial charge on any atom is 0.303 e. The molecule has 0 spiro atoms. The van der Waals surface area contributed by atoms with Crippen LogP contribution in [-0.4, -0.2) is 35.1 Å². The molecule has 0 aliphatic carbocycles. The van der Waals surface area contributed by atoms with Crippen LogP contribution in [-0.2, 0) is 4.79 Å². The predicted molar refractivity (Wildman–Crippen MR) is 53.9 cm³/mol. The van der Waals surface area contributed by atoms with Gasteiger partial charge in [0.1, 0.15) is 0 Å². The van der Waals surface area contributed by atoms with Crippen molar-refractivity contribution < 1.29 is 9.90 Å². The Morgan fingerprint density at radius 3 is 2.23 bits per heavy atom. The molecule has 3 heteroatoms. The molecule has 0 fully saturated rings. The molecule has 0 aliphatic rings. The molecule has 13 heavy (non-hydrogen) atoms. The van der Waals surface area contributed by atoms with E-state index >= 15 is 0 Å². The standard InChI is InChI=1S/C10H21NO2/c1-10(2,3)11(4)8-6-5-7-9(12)13/h5-8H2,1-4H3,(H,12,13). The second kappa shape index (κ2) is 5.22. The summed E-state index contributed by atoms with van der Waals surface area (Å²) >= 11 is 0. The first-order chi connectivity index (χ1) is 5.84. The van der Waals surface area contributed by atoms with Crippen LogP contribution in [0.3, 0.4) is 0 Å². The van der Waals surface area contributed by atoms with Gasteiger partial charge in [-0.15, -0.1) is 0 Å². The Bertz CT molecular complexity index is 161. The Hall–Kier alpha value is -0.570. The fourth-order valence-electron chi connectivity index (χ4n) is 0.961. The van der Waals surface area contributed by atoms with E-state index in [0.717, 1.165) is 19.4 Å². The lowest BCUT2D eigenvalue weighted by molar-refractivity contribution is -0.137. The second-order valence-corrected chi connectivity index (χ2v) is 4.44. The van der Waals surface area contributed by atoms with Crippen molar-refractivity contribution in [2.75, 3.05) is 13.6 Å². The number of nitrogens with zero attached hydrogens (tertiary/aromatic N) is 1. The van der Waals surface area contributed by atoms with Crippen LogP contribution in [0.1, 0.15) is 40.0 Å². The summed E-state index contributed by atoms with van der Waals surface area (Å²) in [5, 5.41) is 8.42. The van der Waals surface area contributed by atoms with Crippen molar-refractivity contribution in [1.29, 1.82) is 0 Å². The van der Waals surface area contributed by atoms with Crippen molar-refractivity contribution in [3.63, 3.8) is 0 Å². The summed E-state index contributed by atoms with van der Waals surface area (Å²) in [6, 6.07) is 0. The van der Waals surface area contributed by atoms with E-state index in [4.69, 9.17) is 5.11 Å². The van der Waals surface area contributed by atoms with Gasteiger partial charge in [0.2, 0.25) is 0 Å². The van der Waals surface area contributed by atoms with E-state index in [1.165, 1.54) is 0 Å². The van der Waals surface area contributed by atoms with Gasteiger partial charge >= 0.3 is 5.97 Å². The van der Waals surface area contributed by atoms with Crippen molar-refractivity contribution in [1.82, 2.24) is 4.90 Å². The zero-order chi connectivity index (χ0) is 10.5. The summed E-state index contributed by atoms with van der Waals surface area (Å²) in [7, 11) is 2.07. The minimum absolute atomic E-state index is 0.184. The predicted octanol–water partition coefficient (Wildman–Crippen LogP) is 1.97. The summed E-state index contributed by atoms with van der Waals surface area (Å²) in [6.07, 6.45) is 2.02. The first-order valence-corrected chi connectivity index (χ1v) is 4.77. The van der Waals surface area contributed by atoms with Gasteiger partial charge in [-0.2, -0.15) is 0 Å². The number of rotatable bonds is 5. The molecule has 3 nitrogen and oxygen atoms in total. The van der Waals surface area contributed by atoms with E-state index in [2.05, 4.69) is 32.7 Å². The van der Waals surface area contributed by atoms with E-state index in [1.54, 1.807) is 0 Å². The molecule has 0 aromatic carbocycles. The van der Waals surface area contributed by atoms with Gasteiger partial charge < -0.3 is 10.0 Å². The second-order valence-electron chi connectivity index (χ2n) is 4.44. The van der Waals surface area contributed by atoms with Crippen molar-refractivity contribution >= 4 is 5.97 Å². The third kappa shape index (κ3) is 6.58. The molecule has 0 radical (unpaired) electrons. The molecule has 0 unspecified atom stereocenters. The smallest absolute Gasteiger partial charge is 0.303 e. The van der Waals surface area contributed by atoms with Gasteiger partial charge in [-0.1, -0.05) is 0 Å². The summed E-state index contributed by atoms with van der Waals surface area (Å²) in [5.41, 5.74) is 0.184. The molecule has 0 bridgehead atoms. The Morgan fingerprint density at radius 1 is 1.31 bits per heavy atom. The Labute approximate surface area is 80.7 Å². The van der Waals surface area contributed by atoms with Crippen LogP contribution < -0.4 is 0 Å². The highest BCUT2D eigenvalue weighted by molar-refractivity contribution is 5.66. The third-order valence-corrected chi connectivity index (χ3v) is 2.28. The fraction of sp³-hybridized carbons (Fsp3) is 0.900. The highest BCUT2D eigenvalue weighted by atomic mass is 16.4. The monoisotopic (exact) mass is 187 g/mol. The Morgan fingerprint density at radius 2 is 1.85 bits per heavy atom. The lowest BCUT2D eigenvalue weighted by Crippen LogP contribution is -2.38. The van der Waals surface area contributed by atoms with Gasteiger partial charge in [0.25, 0.3) is 0 Å². The van der Waals surface area contributed by atoms with Gasteiger partial charge in [0.15, 0.2) is 0 Å². The number of carboxylic acid groups (broad SMARTS) is 1. The highest BCUT2D eigenvalue weighted by Crippen LogP contribution is 2.11. The van der Waals surface area contributed by atoms with Crippen LogP contribution in [0, 0.1) is 0 Å². The van der Waals surface area contributed by atoms with Crippen molar-refractivity contribution in [3.05, 3.63) is 0 Å². The van der Waals surface area contributed by atoms with Crippen LogP contribution in [0.4, 0.5) is 0 Å². The van der Waals surface area contributed by atoms with Gasteiger partial charge in [0, 0.05) is 12.0 Å². The minimum Gasteiger partial charge on any atom is -0.481 e. The van der Waals surface area contributed by atoms with Crippen LogP contribution in [0.15, 0.2) is 0 Å². The number of carbonyl (C=O) groups is 1. The molecule has 0 aliphatic heterocycles. The van der Waals surface area contributed by atoms with E-state index in [9.17, 15) is 4.79 Å². The van der Waals surface area contributed by atoms with Crippen molar-refractivity contribution in [2.24, 2.45) is 0 Å². The molecule has 0 atom stereocenters. The molecule has 0 aromatic heterocycles. The molecule has 0 saturated carbocycles. The maximum atomic E-state index is 10.2. The molecular weight excluding hydrogens is 166 g/mol. The number of hydrogen-bond acceptors (Lipinski definition) is 2. The first kappa shape index (κ1) is 12.4. The molecular formula is C10H21NO2.